The van der Waals surface area contributed by atoms with Gasteiger partial charge in [0.2, 0.25) is 0 Å². The van der Waals surface area contributed by atoms with Gasteiger partial charge in [-0.25, -0.2) is 10.0 Å². The number of para-hydroxylation sites is 3. The molecule has 0 N–H and O–H groups in total. The van der Waals surface area contributed by atoms with Crippen LogP contribution in [0.25, 0.3) is 16.7 Å². The number of benzene rings is 6. The Morgan fingerprint density at radius 1 is 0.630 bits per heavy atom. The molecule has 268 valence electrons. The van der Waals surface area contributed by atoms with Gasteiger partial charge in [-0.3, -0.25) is 9.69 Å². The summed E-state index contributed by atoms with van der Waals surface area (Å²) in [4.78, 5) is 20.6. The van der Waals surface area contributed by atoms with Gasteiger partial charge in [0.15, 0.2) is 0 Å². The number of hydrazine groups is 3. The van der Waals surface area contributed by atoms with Crippen LogP contribution in [-0.2, 0) is 11.3 Å². The number of anilines is 3. The van der Waals surface area contributed by atoms with Crippen LogP contribution in [0.15, 0.2) is 181 Å². The van der Waals surface area contributed by atoms with Gasteiger partial charge < -0.3 is 0 Å². The maximum absolute atomic E-state index is 13.9. The largest absolute Gasteiger partial charge is 0.290 e. The van der Waals surface area contributed by atoms with Crippen molar-refractivity contribution in [1.29, 1.82) is 0 Å². The fourth-order valence-corrected chi connectivity index (χ4v) is 7.49. The fourth-order valence-electron chi connectivity index (χ4n) is 7.49. The summed E-state index contributed by atoms with van der Waals surface area (Å²) in [7, 11) is 2.15. The van der Waals surface area contributed by atoms with E-state index in [9.17, 15) is 4.79 Å². The third-order valence-electron chi connectivity index (χ3n) is 10.1. The molecule has 1 unspecified atom stereocenters. The smallest absolute Gasteiger partial charge is 0.278 e. The van der Waals surface area contributed by atoms with Gasteiger partial charge in [0.1, 0.15) is 17.7 Å². The number of allylic oxidation sites excluding steroid dienone is 1. The van der Waals surface area contributed by atoms with Crippen LogP contribution >= 0.6 is 0 Å². The number of aliphatic imine (C=N–C) groups is 1. The Labute approximate surface area is 318 Å². The number of hydrogen-bond acceptors (Lipinski definition) is 6. The van der Waals surface area contributed by atoms with Crippen molar-refractivity contribution >= 4 is 34.4 Å². The second kappa shape index (κ2) is 15.3. The van der Waals surface area contributed by atoms with E-state index in [0.29, 0.717) is 12.2 Å². The second-order valence-corrected chi connectivity index (χ2v) is 13.7. The van der Waals surface area contributed by atoms with E-state index in [1.54, 1.807) is 0 Å². The summed E-state index contributed by atoms with van der Waals surface area (Å²) >= 11 is 0. The van der Waals surface area contributed by atoms with Crippen LogP contribution < -0.4 is 15.2 Å². The van der Waals surface area contributed by atoms with E-state index in [4.69, 9.17) is 4.99 Å². The number of amidine groups is 1. The van der Waals surface area contributed by atoms with Gasteiger partial charge in [0, 0.05) is 19.0 Å². The van der Waals surface area contributed by atoms with Crippen LogP contribution in [0.5, 0.6) is 0 Å². The Morgan fingerprint density at radius 3 is 1.78 bits per heavy atom. The molecule has 54 heavy (non-hydrogen) atoms. The van der Waals surface area contributed by atoms with Gasteiger partial charge in [-0.15, -0.1) is 0 Å². The summed E-state index contributed by atoms with van der Waals surface area (Å²) in [5, 5.41) is 9.18. The van der Waals surface area contributed by atoms with Crippen molar-refractivity contribution in [3.8, 4) is 11.1 Å². The van der Waals surface area contributed by atoms with Crippen LogP contribution in [0.2, 0.25) is 0 Å². The minimum absolute atomic E-state index is 0.0366. The van der Waals surface area contributed by atoms with Crippen LogP contribution in [-0.4, -0.2) is 28.7 Å². The molecule has 2 aliphatic heterocycles. The van der Waals surface area contributed by atoms with E-state index in [1.807, 2.05) is 42.2 Å². The number of hydrogen-bond donors (Lipinski definition) is 0. The molecule has 7 heteroatoms. The van der Waals surface area contributed by atoms with E-state index < -0.39 is 0 Å². The molecule has 0 saturated carbocycles. The first-order valence-electron chi connectivity index (χ1n) is 18.6. The predicted molar refractivity (Wildman–Crippen MR) is 221 cm³/mol. The second-order valence-electron chi connectivity index (χ2n) is 13.7. The van der Waals surface area contributed by atoms with Gasteiger partial charge in [-0.1, -0.05) is 140 Å². The van der Waals surface area contributed by atoms with Crippen LogP contribution in [0, 0.1) is 0 Å². The summed E-state index contributed by atoms with van der Waals surface area (Å²) in [6.45, 7) is 4.59. The molecule has 2 aliphatic rings. The molecule has 1 amide bonds. The Kier molecular flexibility index (Phi) is 9.79. The van der Waals surface area contributed by atoms with E-state index in [2.05, 4.69) is 174 Å². The number of carbonyl (C=O) groups excluding carboxylic acids is 1. The first-order valence-corrected chi connectivity index (χ1v) is 18.6. The topological polar surface area (TPSA) is 45.6 Å². The van der Waals surface area contributed by atoms with Crippen molar-refractivity contribution in [3.63, 3.8) is 0 Å². The Morgan fingerprint density at radius 2 is 1.17 bits per heavy atom. The minimum atomic E-state index is -0.197. The first-order chi connectivity index (χ1) is 26.5. The van der Waals surface area contributed by atoms with Crippen molar-refractivity contribution in [3.05, 3.63) is 192 Å². The molecule has 1 fully saturated rings. The fraction of sp³-hybridized carbons (Fsp3) is 0.149. The monoisotopic (exact) mass is 708 g/mol. The van der Waals surface area contributed by atoms with Crippen LogP contribution in [0.3, 0.4) is 0 Å². The highest BCUT2D eigenvalue weighted by Crippen LogP contribution is 2.45. The highest BCUT2D eigenvalue weighted by molar-refractivity contribution is 6.15. The van der Waals surface area contributed by atoms with E-state index in [-0.39, 0.29) is 12.1 Å². The third-order valence-corrected chi connectivity index (χ3v) is 10.1. The van der Waals surface area contributed by atoms with Gasteiger partial charge in [0.05, 0.1) is 23.6 Å². The van der Waals surface area contributed by atoms with E-state index in [1.165, 1.54) is 0 Å². The number of nitrogens with zero attached hydrogens (tertiary/aromatic N) is 6. The molecule has 0 bridgehead atoms. The number of carbonyl (C=O) groups is 1. The molecule has 0 aliphatic carbocycles. The van der Waals surface area contributed by atoms with Gasteiger partial charge >= 0.3 is 0 Å². The molecular formula is C47H44N6O. The lowest BCUT2D eigenvalue weighted by atomic mass is 9.96. The molecule has 1 saturated heterocycles. The molecule has 0 spiro atoms. The molecule has 6 aromatic carbocycles. The molecule has 6 aromatic rings. The quantitative estimate of drug-likeness (QED) is 0.133. The SMILES string of the molecule is CCCC1=NC(=C(C)c2ccccc2)C(=O)N1Cc1ccc(-c2ccccc2C2N(C)N(c3ccccc3)N(c3ccccc3)N2c2ccccc2)cc1. The van der Waals surface area contributed by atoms with Crippen molar-refractivity contribution in [2.45, 2.75) is 39.4 Å². The lowest BCUT2D eigenvalue weighted by Gasteiger charge is -2.37. The minimum Gasteiger partial charge on any atom is -0.290 e. The van der Waals surface area contributed by atoms with Gasteiger partial charge in [-0.05, 0) is 77.6 Å². The Hall–Kier alpha value is -6.44. The normalized spacial score (nSPS) is 17.0. The highest BCUT2D eigenvalue weighted by Gasteiger charge is 2.45. The maximum Gasteiger partial charge on any atom is 0.278 e. The van der Waals surface area contributed by atoms with Gasteiger partial charge in [0.25, 0.3) is 5.91 Å². The summed E-state index contributed by atoms with van der Waals surface area (Å²) in [6.07, 6.45) is 1.46. The standard InChI is InChI=1S/C47H44N6O/c1-4-19-44-48-45(35(2)37-20-9-5-10-21-37)47(54)50(44)34-36-30-32-38(33-31-36)42-28-17-18-29-43(42)46-49(3)52(40-24-13-7-14-25-40)53(41-26-15-8-16-27-41)51(46)39-22-11-6-12-23-39/h5-18,20-33,46H,4,19,34H2,1-3H3. The highest BCUT2D eigenvalue weighted by atomic mass is 16.2. The van der Waals surface area contributed by atoms with Crippen molar-refractivity contribution < 1.29 is 4.79 Å². The zero-order chi connectivity index (χ0) is 37.0. The Balaban J connectivity index is 1.15. The molecular weight excluding hydrogens is 665 g/mol. The number of rotatable bonds is 10. The summed E-state index contributed by atoms with van der Waals surface area (Å²) in [6, 6.07) is 59.0. The zero-order valence-electron chi connectivity index (χ0n) is 31.0. The molecule has 2 heterocycles. The molecule has 8 rings (SSSR count). The third kappa shape index (κ3) is 6.55. The van der Waals surface area contributed by atoms with Crippen molar-refractivity contribution in [1.82, 2.24) is 9.91 Å². The number of amides is 1. The average Bonchev–Trinajstić information content (AvgIpc) is 3.71. The summed E-state index contributed by atoms with van der Waals surface area (Å²) in [5.41, 5.74) is 10.1. The predicted octanol–water partition coefficient (Wildman–Crippen LogP) is 10.5. The van der Waals surface area contributed by atoms with Crippen LogP contribution in [0.1, 0.15) is 49.5 Å². The summed E-state index contributed by atoms with van der Waals surface area (Å²) in [5.74, 6) is 0.795. The molecule has 0 aromatic heterocycles. The molecule has 7 nitrogen and oxygen atoms in total. The molecule has 1 atom stereocenters. The van der Waals surface area contributed by atoms with Crippen molar-refractivity contribution in [2.24, 2.45) is 4.99 Å². The van der Waals surface area contributed by atoms with Crippen LogP contribution in [0.4, 0.5) is 17.1 Å². The maximum atomic E-state index is 13.9. The lowest BCUT2D eigenvalue weighted by molar-refractivity contribution is -0.123. The van der Waals surface area contributed by atoms with Crippen molar-refractivity contribution in [2.75, 3.05) is 22.3 Å². The first kappa shape index (κ1) is 34.6. The lowest BCUT2D eigenvalue weighted by Crippen LogP contribution is -2.47. The Bertz CT molecular complexity index is 2270. The van der Waals surface area contributed by atoms with Gasteiger partial charge in [-0.2, -0.15) is 15.2 Å². The summed E-state index contributed by atoms with van der Waals surface area (Å²) < 4.78 is 0. The van der Waals surface area contributed by atoms with E-state index >= 15 is 0 Å². The molecule has 0 radical (unpaired) electrons. The zero-order valence-corrected chi connectivity index (χ0v) is 31.0. The van der Waals surface area contributed by atoms with E-state index in [0.717, 1.165) is 69.1 Å². The average molecular weight is 709 g/mol.